The Labute approximate surface area is 111 Å². The monoisotopic (exact) mass is 265 g/mol. The van der Waals surface area contributed by atoms with E-state index in [0.717, 1.165) is 11.4 Å². The van der Waals surface area contributed by atoms with Gasteiger partial charge in [0.15, 0.2) is 11.3 Å². The van der Waals surface area contributed by atoms with Crippen LogP contribution >= 0.6 is 0 Å². The predicted molar refractivity (Wildman–Crippen MR) is 72.2 cm³/mol. The molecule has 2 N–H and O–H groups in total. The molecule has 0 spiro atoms. The highest BCUT2D eigenvalue weighted by Gasteiger charge is 2.16. The van der Waals surface area contributed by atoms with Gasteiger partial charge in [-0.1, -0.05) is 0 Å². The topological polar surface area (TPSA) is 87.3 Å². The molecule has 0 saturated carbocycles. The number of aryl methyl sites for hydroxylation is 3. The zero-order valence-corrected chi connectivity index (χ0v) is 11.5. The van der Waals surface area contributed by atoms with E-state index in [1.165, 1.54) is 0 Å². The van der Waals surface area contributed by atoms with Crippen LogP contribution < -0.4 is 4.90 Å². The molecule has 7 nitrogen and oxygen atoms in total. The lowest BCUT2D eigenvalue weighted by Gasteiger charge is -2.21. The second-order valence-electron chi connectivity index (χ2n) is 4.45. The largest absolute Gasteiger partial charge is 0.395 e. The Balaban J connectivity index is 2.51. The van der Waals surface area contributed by atoms with Crippen molar-refractivity contribution in [3.63, 3.8) is 0 Å². The van der Waals surface area contributed by atoms with Crippen LogP contribution in [0.2, 0.25) is 0 Å². The zero-order valence-electron chi connectivity index (χ0n) is 11.5. The Kier molecular flexibility index (Phi) is 3.96. The standard InChI is InChI=1S/C12H19N5O2/c1-8-9(2)14-11-10(13-8)15-12(16(11)3)17(4-6-18)5-7-19/h18-19H,4-7H2,1-3H3. The Morgan fingerprint density at radius 1 is 1.00 bits per heavy atom. The molecule has 0 fully saturated rings. The summed E-state index contributed by atoms with van der Waals surface area (Å²) in [5.74, 6) is 0.656. The number of imidazole rings is 1. The van der Waals surface area contributed by atoms with Gasteiger partial charge in [0.05, 0.1) is 24.6 Å². The SMILES string of the molecule is Cc1nc2nc(N(CCO)CCO)n(C)c2nc1C. The van der Waals surface area contributed by atoms with Gasteiger partial charge in [0, 0.05) is 20.1 Å². The summed E-state index contributed by atoms with van der Waals surface area (Å²) in [4.78, 5) is 15.2. The number of hydrogen-bond donors (Lipinski definition) is 2. The predicted octanol–water partition coefficient (Wildman–Crippen LogP) is -0.229. The van der Waals surface area contributed by atoms with Crippen LogP contribution in [0.1, 0.15) is 11.4 Å². The van der Waals surface area contributed by atoms with Gasteiger partial charge in [-0.3, -0.25) is 4.57 Å². The molecule has 0 radical (unpaired) electrons. The summed E-state index contributed by atoms with van der Waals surface area (Å²) in [6.45, 7) is 4.64. The van der Waals surface area contributed by atoms with E-state index >= 15 is 0 Å². The average molecular weight is 265 g/mol. The summed E-state index contributed by atoms with van der Waals surface area (Å²) in [6, 6.07) is 0. The molecule has 0 unspecified atom stereocenters. The van der Waals surface area contributed by atoms with Gasteiger partial charge in [0.2, 0.25) is 5.95 Å². The fraction of sp³-hybridized carbons (Fsp3) is 0.583. The Hall–Kier alpha value is -1.73. The summed E-state index contributed by atoms with van der Waals surface area (Å²) in [5, 5.41) is 18.2. The second kappa shape index (κ2) is 5.50. The molecule has 19 heavy (non-hydrogen) atoms. The van der Waals surface area contributed by atoms with Crippen molar-refractivity contribution in [1.29, 1.82) is 0 Å². The molecule has 2 heterocycles. The Morgan fingerprint density at radius 2 is 1.58 bits per heavy atom. The molecule has 2 rings (SSSR count). The molecule has 0 saturated heterocycles. The molecule has 7 heteroatoms. The van der Waals surface area contributed by atoms with Gasteiger partial charge in [-0.2, -0.15) is 4.98 Å². The van der Waals surface area contributed by atoms with Crippen LogP contribution in [-0.4, -0.2) is 56.0 Å². The van der Waals surface area contributed by atoms with E-state index in [9.17, 15) is 0 Å². The van der Waals surface area contributed by atoms with Crippen LogP contribution in [0.5, 0.6) is 0 Å². The van der Waals surface area contributed by atoms with E-state index < -0.39 is 0 Å². The molecular weight excluding hydrogens is 246 g/mol. The van der Waals surface area contributed by atoms with E-state index in [2.05, 4.69) is 15.0 Å². The first-order valence-corrected chi connectivity index (χ1v) is 6.22. The molecule has 0 atom stereocenters. The number of aliphatic hydroxyl groups is 2. The highest BCUT2D eigenvalue weighted by Crippen LogP contribution is 2.19. The smallest absolute Gasteiger partial charge is 0.209 e. The Bertz CT molecular complexity index is 575. The number of hydrogen-bond acceptors (Lipinski definition) is 6. The third-order valence-corrected chi connectivity index (χ3v) is 3.12. The molecule has 104 valence electrons. The minimum absolute atomic E-state index is 0.00210. The van der Waals surface area contributed by atoms with Crippen LogP contribution in [0.4, 0.5) is 5.95 Å². The first kappa shape index (κ1) is 13.7. The third-order valence-electron chi connectivity index (χ3n) is 3.12. The molecule has 0 aromatic carbocycles. The van der Waals surface area contributed by atoms with Gasteiger partial charge >= 0.3 is 0 Å². The molecule has 0 amide bonds. The van der Waals surface area contributed by atoms with Crippen molar-refractivity contribution in [2.24, 2.45) is 7.05 Å². The van der Waals surface area contributed by atoms with Gasteiger partial charge in [-0.25, -0.2) is 9.97 Å². The maximum atomic E-state index is 9.09. The average Bonchev–Trinajstić information content (AvgIpc) is 2.67. The maximum absolute atomic E-state index is 9.09. The number of anilines is 1. The van der Waals surface area contributed by atoms with E-state index in [-0.39, 0.29) is 13.2 Å². The lowest BCUT2D eigenvalue weighted by molar-refractivity contribution is 0.279. The summed E-state index contributed by atoms with van der Waals surface area (Å²) in [5.41, 5.74) is 3.02. The quantitative estimate of drug-likeness (QED) is 0.776. The molecule has 2 aromatic heterocycles. The Morgan fingerprint density at radius 3 is 2.16 bits per heavy atom. The lowest BCUT2D eigenvalue weighted by Crippen LogP contribution is -2.31. The second-order valence-corrected chi connectivity index (χ2v) is 4.45. The van der Waals surface area contributed by atoms with Crippen LogP contribution in [0.3, 0.4) is 0 Å². The van der Waals surface area contributed by atoms with Crippen molar-refractivity contribution >= 4 is 17.2 Å². The van der Waals surface area contributed by atoms with Crippen LogP contribution in [0.15, 0.2) is 0 Å². The molecule has 0 bridgehead atoms. The first-order chi connectivity index (χ1) is 9.08. The lowest BCUT2D eigenvalue weighted by atomic mass is 10.3. The summed E-state index contributed by atoms with van der Waals surface area (Å²) in [6.07, 6.45) is 0. The summed E-state index contributed by atoms with van der Waals surface area (Å²) < 4.78 is 1.83. The van der Waals surface area contributed by atoms with E-state index in [1.807, 2.05) is 30.4 Å². The van der Waals surface area contributed by atoms with E-state index in [0.29, 0.717) is 30.3 Å². The summed E-state index contributed by atoms with van der Waals surface area (Å²) >= 11 is 0. The highest BCUT2D eigenvalue weighted by molar-refractivity contribution is 5.71. The molecule has 0 aliphatic carbocycles. The van der Waals surface area contributed by atoms with Crippen molar-refractivity contribution < 1.29 is 10.2 Å². The molecule has 0 aliphatic rings. The number of fused-ring (bicyclic) bond motifs is 1. The van der Waals surface area contributed by atoms with E-state index in [1.54, 1.807) is 0 Å². The molecular formula is C12H19N5O2. The number of aromatic nitrogens is 4. The van der Waals surface area contributed by atoms with Crippen LogP contribution in [-0.2, 0) is 7.05 Å². The van der Waals surface area contributed by atoms with Gasteiger partial charge in [-0.15, -0.1) is 0 Å². The van der Waals surface area contributed by atoms with Gasteiger partial charge < -0.3 is 15.1 Å². The zero-order chi connectivity index (χ0) is 14.0. The fourth-order valence-corrected chi connectivity index (χ4v) is 1.98. The van der Waals surface area contributed by atoms with Gasteiger partial charge in [0.1, 0.15) is 0 Å². The number of rotatable bonds is 5. The van der Waals surface area contributed by atoms with Gasteiger partial charge in [-0.05, 0) is 13.8 Å². The maximum Gasteiger partial charge on any atom is 0.209 e. The number of nitrogens with zero attached hydrogens (tertiary/aromatic N) is 5. The van der Waals surface area contributed by atoms with Crippen molar-refractivity contribution in [3.8, 4) is 0 Å². The fourth-order valence-electron chi connectivity index (χ4n) is 1.98. The minimum Gasteiger partial charge on any atom is -0.395 e. The number of aliphatic hydroxyl groups excluding tert-OH is 2. The van der Waals surface area contributed by atoms with Crippen molar-refractivity contribution in [3.05, 3.63) is 11.4 Å². The third kappa shape index (κ3) is 2.52. The van der Waals surface area contributed by atoms with Crippen LogP contribution in [0.25, 0.3) is 11.3 Å². The van der Waals surface area contributed by atoms with Crippen molar-refractivity contribution in [2.75, 3.05) is 31.2 Å². The summed E-state index contributed by atoms with van der Waals surface area (Å²) in [7, 11) is 1.86. The van der Waals surface area contributed by atoms with E-state index in [4.69, 9.17) is 10.2 Å². The highest BCUT2D eigenvalue weighted by atomic mass is 16.3. The van der Waals surface area contributed by atoms with Gasteiger partial charge in [0.25, 0.3) is 0 Å². The van der Waals surface area contributed by atoms with Crippen molar-refractivity contribution in [2.45, 2.75) is 13.8 Å². The minimum atomic E-state index is 0.00210. The molecule has 2 aromatic rings. The van der Waals surface area contributed by atoms with Crippen molar-refractivity contribution in [1.82, 2.24) is 19.5 Å². The van der Waals surface area contributed by atoms with Crippen LogP contribution in [0, 0.1) is 13.8 Å². The first-order valence-electron chi connectivity index (χ1n) is 6.22. The molecule has 0 aliphatic heterocycles. The normalized spacial score (nSPS) is 11.2.